The number of aromatic nitrogens is 1. The van der Waals surface area contributed by atoms with E-state index in [-0.39, 0.29) is 5.56 Å². The summed E-state index contributed by atoms with van der Waals surface area (Å²) in [7, 11) is 3.98. The molecule has 0 spiro atoms. The molecule has 0 bridgehead atoms. The summed E-state index contributed by atoms with van der Waals surface area (Å²) in [4.78, 5) is 17.6. The zero-order valence-electron chi connectivity index (χ0n) is 11.4. The number of anilines is 1. The van der Waals surface area contributed by atoms with Crippen molar-refractivity contribution in [3.8, 4) is 0 Å². The van der Waals surface area contributed by atoms with Gasteiger partial charge in [-0.1, -0.05) is 12.1 Å². The van der Waals surface area contributed by atoms with Crippen LogP contribution in [0.4, 0.5) is 10.1 Å². The third-order valence-electron chi connectivity index (χ3n) is 2.73. The molecule has 0 aliphatic heterocycles. The van der Waals surface area contributed by atoms with E-state index in [0.717, 1.165) is 18.3 Å². The lowest BCUT2D eigenvalue weighted by Gasteiger charge is -2.10. The number of benzene rings is 1. The molecule has 0 radical (unpaired) electrons. The molecule has 2 aromatic rings. The van der Waals surface area contributed by atoms with Crippen LogP contribution < -0.4 is 5.32 Å². The van der Waals surface area contributed by atoms with E-state index in [1.54, 1.807) is 12.1 Å². The largest absolute Gasteiger partial charge is 0.322 e. The summed E-state index contributed by atoms with van der Waals surface area (Å²) in [5.41, 5.74) is 1.76. The predicted octanol–water partition coefficient (Wildman–Crippen LogP) is 2.53. The van der Waals surface area contributed by atoms with Gasteiger partial charge >= 0.3 is 0 Å². The summed E-state index contributed by atoms with van der Waals surface area (Å²) in [6, 6.07) is 8.81. The molecule has 0 aliphatic rings. The van der Waals surface area contributed by atoms with Gasteiger partial charge in [0.2, 0.25) is 0 Å². The molecule has 0 atom stereocenters. The first kappa shape index (κ1) is 14.1. The lowest BCUT2D eigenvalue weighted by molar-refractivity contribution is 0.102. The van der Waals surface area contributed by atoms with Crippen molar-refractivity contribution in [2.45, 2.75) is 6.54 Å². The maximum atomic E-state index is 13.4. The highest BCUT2D eigenvalue weighted by molar-refractivity contribution is 6.04. The van der Waals surface area contributed by atoms with Crippen LogP contribution in [0.25, 0.3) is 0 Å². The van der Waals surface area contributed by atoms with Gasteiger partial charge in [0.05, 0.1) is 11.8 Å². The Balaban J connectivity index is 2.07. The van der Waals surface area contributed by atoms with Crippen LogP contribution in [0.3, 0.4) is 0 Å². The molecule has 2 rings (SSSR count). The van der Waals surface area contributed by atoms with Gasteiger partial charge in [0.15, 0.2) is 5.82 Å². The van der Waals surface area contributed by atoms with Gasteiger partial charge < -0.3 is 10.2 Å². The van der Waals surface area contributed by atoms with Crippen LogP contribution in [0.1, 0.15) is 15.9 Å². The summed E-state index contributed by atoms with van der Waals surface area (Å²) in [5, 5.41) is 2.66. The Bertz CT molecular complexity index is 596. The first-order valence-corrected chi connectivity index (χ1v) is 6.21. The average molecular weight is 273 g/mol. The summed E-state index contributed by atoms with van der Waals surface area (Å²) in [6.45, 7) is 0.827. The second-order valence-corrected chi connectivity index (χ2v) is 4.74. The quantitative estimate of drug-likeness (QED) is 0.931. The molecule has 1 aromatic carbocycles. The Morgan fingerprint density at radius 2 is 1.95 bits per heavy atom. The molecule has 0 saturated heterocycles. The molecule has 0 unspecified atom stereocenters. The topological polar surface area (TPSA) is 45.2 Å². The lowest BCUT2D eigenvalue weighted by atomic mass is 10.2. The van der Waals surface area contributed by atoms with Gasteiger partial charge in [-0.05, 0) is 37.9 Å². The van der Waals surface area contributed by atoms with Crippen LogP contribution in [-0.2, 0) is 6.54 Å². The summed E-state index contributed by atoms with van der Waals surface area (Å²) < 4.78 is 13.4. The highest BCUT2D eigenvalue weighted by Gasteiger charge is 2.11. The fourth-order valence-electron chi connectivity index (χ4n) is 1.82. The fraction of sp³-hybridized carbons (Fsp3) is 0.200. The van der Waals surface area contributed by atoms with Gasteiger partial charge in [0.25, 0.3) is 5.91 Å². The van der Waals surface area contributed by atoms with Gasteiger partial charge in [-0.2, -0.15) is 0 Å². The zero-order valence-corrected chi connectivity index (χ0v) is 11.4. The van der Waals surface area contributed by atoms with Crippen LogP contribution >= 0.6 is 0 Å². The van der Waals surface area contributed by atoms with Gasteiger partial charge in [-0.25, -0.2) is 4.39 Å². The minimum atomic E-state index is -0.630. The molecule has 0 fully saturated rings. The van der Waals surface area contributed by atoms with Crippen LogP contribution in [0, 0.1) is 5.82 Å². The Hall–Kier alpha value is -2.27. The van der Waals surface area contributed by atoms with E-state index in [2.05, 4.69) is 15.2 Å². The molecule has 4 nitrogen and oxygen atoms in total. The van der Waals surface area contributed by atoms with E-state index in [1.807, 2.05) is 26.2 Å². The molecule has 5 heteroatoms. The molecule has 1 amide bonds. The molecule has 0 aliphatic carbocycles. The third kappa shape index (κ3) is 3.61. The second-order valence-electron chi connectivity index (χ2n) is 4.74. The number of nitrogens with zero attached hydrogens (tertiary/aromatic N) is 2. The van der Waals surface area contributed by atoms with Crippen molar-refractivity contribution < 1.29 is 9.18 Å². The second kappa shape index (κ2) is 6.25. The molecule has 104 valence electrons. The van der Waals surface area contributed by atoms with Crippen molar-refractivity contribution in [1.82, 2.24) is 9.88 Å². The van der Waals surface area contributed by atoms with Crippen LogP contribution in [0.15, 0.2) is 42.7 Å². The van der Waals surface area contributed by atoms with E-state index in [9.17, 15) is 9.18 Å². The molecule has 0 saturated carbocycles. The van der Waals surface area contributed by atoms with Gasteiger partial charge in [-0.15, -0.1) is 0 Å². The highest BCUT2D eigenvalue weighted by Crippen LogP contribution is 2.13. The molecular formula is C15H16FN3O. The third-order valence-corrected chi connectivity index (χ3v) is 2.73. The van der Waals surface area contributed by atoms with E-state index >= 15 is 0 Å². The number of halogens is 1. The summed E-state index contributed by atoms with van der Waals surface area (Å²) >= 11 is 0. The van der Waals surface area contributed by atoms with Gasteiger partial charge in [-0.3, -0.25) is 9.78 Å². The van der Waals surface area contributed by atoms with E-state index < -0.39 is 11.7 Å². The van der Waals surface area contributed by atoms with Crippen LogP contribution in [-0.4, -0.2) is 29.9 Å². The number of pyridine rings is 1. The number of amides is 1. The van der Waals surface area contributed by atoms with Gasteiger partial charge in [0, 0.05) is 18.4 Å². The number of hydrogen-bond acceptors (Lipinski definition) is 3. The number of rotatable bonds is 4. The Morgan fingerprint density at radius 3 is 2.55 bits per heavy atom. The molecule has 1 N–H and O–H groups in total. The average Bonchev–Trinajstić information content (AvgIpc) is 2.41. The van der Waals surface area contributed by atoms with Crippen LogP contribution in [0.2, 0.25) is 0 Å². The Labute approximate surface area is 117 Å². The molecular weight excluding hydrogens is 257 g/mol. The summed E-state index contributed by atoms with van der Waals surface area (Å²) in [6.07, 6.45) is 2.41. The maximum Gasteiger partial charge on any atom is 0.258 e. The number of carbonyl (C=O) groups is 1. The lowest BCUT2D eigenvalue weighted by Crippen LogP contribution is -2.14. The number of carbonyl (C=O) groups excluding carboxylic acids is 1. The van der Waals surface area contributed by atoms with E-state index in [1.165, 1.54) is 12.3 Å². The predicted molar refractivity (Wildman–Crippen MR) is 76.0 cm³/mol. The fourth-order valence-corrected chi connectivity index (χ4v) is 1.82. The van der Waals surface area contributed by atoms with Crippen molar-refractivity contribution in [2.24, 2.45) is 0 Å². The van der Waals surface area contributed by atoms with Crippen molar-refractivity contribution in [2.75, 3.05) is 19.4 Å². The Morgan fingerprint density at radius 1 is 1.25 bits per heavy atom. The number of nitrogens with one attached hydrogen (secondary N) is 1. The smallest absolute Gasteiger partial charge is 0.258 e. The summed E-state index contributed by atoms with van der Waals surface area (Å²) in [5.74, 6) is -1.11. The maximum absolute atomic E-state index is 13.4. The number of hydrogen-bond donors (Lipinski definition) is 1. The van der Waals surface area contributed by atoms with Crippen molar-refractivity contribution >= 4 is 11.6 Å². The Kier molecular flexibility index (Phi) is 4.42. The highest BCUT2D eigenvalue weighted by atomic mass is 19.1. The minimum Gasteiger partial charge on any atom is -0.322 e. The van der Waals surface area contributed by atoms with E-state index in [0.29, 0.717) is 5.69 Å². The zero-order chi connectivity index (χ0) is 14.5. The molecule has 1 aromatic heterocycles. The monoisotopic (exact) mass is 273 g/mol. The van der Waals surface area contributed by atoms with Crippen molar-refractivity contribution in [3.05, 3.63) is 59.7 Å². The molecule has 1 heterocycles. The van der Waals surface area contributed by atoms with Crippen molar-refractivity contribution in [1.29, 1.82) is 0 Å². The SMILES string of the molecule is CN(C)Cc1ccc(NC(=O)c2ccncc2F)cc1. The van der Waals surface area contributed by atoms with E-state index in [4.69, 9.17) is 0 Å². The van der Waals surface area contributed by atoms with Crippen molar-refractivity contribution in [3.63, 3.8) is 0 Å². The molecule has 20 heavy (non-hydrogen) atoms. The standard InChI is InChI=1S/C15H16FN3O/c1-19(2)10-11-3-5-12(6-4-11)18-15(20)13-7-8-17-9-14(13)16/h3-9H,10H2,1-2H3,(H,18,20). The first-order chi connectivity index (χ1) is 9.56. The first-order valence-electron chi connectivity index (χ1n) is 6.21. The minimum absolute atomic E-state index is 0.0163. The van der Waals surface area contributed by atoms with Gasteiger partial charge in [0.1, 0.15) is 0 Å². The normalized spacial score (nSPS) is 10.6. The van der Waals surface area contributed by atoms with Crippen LogP contribution in [0.5, 0.6) is 0 Å².